The summed E-state index contributed by atoms with van der Waals surface area (Å²) in [5.74, 6) is 2.36. The maximum absolute atomic E-state index is 2.46. The average Bonchev–Trinajstić information content (AvgIpc) is 2.51. The first-order valence-electron chi connectivity index (χ1n) is 10.00. The van der Waals surface area contributed by atoms with Crippen LogP contribution in [-0.4, -0.2) is 5.80 Å². The Bertz CT molecular complexity index is 781. The molecule has 0 aromatic heterocycles. The Morgan fingerprint density at radius 1 is 0.667 bits per heavy atom. The molecule has 0 bridgehead atoms. The highest BCUT2D eigenvalue weighted by molar-refractivity contribution is 7.48. The summed E-state index contributed by atoms with van der Waals surface area (Å²) in [7, 11) is 1.28. The number of aryl methyl sites for hydroxylation is 1. The van der Waals surface area contributed by atoms with E-state index in [9.17, 15) is 0 Å². The van der Waals surface area contributed by atoms with Gasteiger partial charge < -0.3 is 0 Å². The predicted molar refractivity (Wildman–Crippen MR) is 125 cm³/mol. The first-order chi connectivity index (χ1) is 12.2. The van der Waals surface area contributed by atoms with E-state index >= 15 is 0 Å². The molecule has 0 saturated heterocycles. The van der Waals surface area contributed by atoms with Gasteiger partial charge in [-0.05, 0) is 51.2 Å². The Morgan fingerprint density at radius 3 is 1.48 bits per heavy atom. The quantitative estimate of drug-likeness (QED) is 0.479. The molecule has 0 radical (unpaired) electrons. The third-order valence-corrected chi connectivity index (χ3v) is 6.18. The van der Waals surface area contributed by atoms with Gasteiger partial charge in [0.1, 0.15) is 0 Å². The van der Waals surface area contributed by atoms with Crippen LogP contribution in [0, 0.1) is 6.92 Å². The summed E-state index contributed by atoms with van der Waals surface area (Å²) in [6.45, 7) is 23.1. The lowest BCUT2D eigenvalue weighted by Gasteiger charge is -2.32. The monoisotopic (exact) mass is 380 g/mol. The summed E-state index contributed by atoms with van der Waals surface area (Å²) in [5.41, 5.74) is 7.37. The highest BCUT2D eigenvalue weighted by Gasteiger charge is 2.28. The predicted octanol–water partition coefficient (Wildman–Crippen LogP) is 7.31. The number of hydrogen-bond donors (Lipinski definition) is 0. The van der Waals surface area contributed by atoms with Crippen molar-refractivity contribution in [2.75, 3.05) is 0 Å². The molecule has 1 heteroatoms. The average molecular weight is 381 g/mol. The van der Waals surface area contributed by atoms with Crippen molar-refractivity contribution < 1.29 is 0 Å². The Balaban J connectivity index is 2.74. The Labute approximate surface area is 169 Å². The summed E-state index contributed by atoms with van der Waals surface area (Å²) in [6.07, 6.45) is 0. The van der Waals surface area contributed by atoms with Crippen molar-refractivity contribution in [1.29, 1.82) is 0 Å². The summed E-state index contributed by atoms with van der Waals surface area (Å²) >= 11 is 0. The van der Waals surface area contributed by atoms with E-state index < -0.39 is 0 Å². The molecule has 0 amide bonds. The second kappa shape index (κ2) is 7.56. The van der Waals surface area contributed by atoms with Gasteiger partial charge in [0.05, 0.1) is 0 Å². The van der Waals surface area contributed by atoms with Crippen LogP contribution in [0.5, 0.6) is 0 Å². The number of benzene rings is 2. The van der Waals surface area contributed by atoms with E-state index in [2.05, 4.69) is 111 Å². The zero-order chi connectivity index (χ0) is 20.6. The maximum Gasteiger partial charge on any atom is 0.00929 e. The third kappa shape index (κ3) is 5.55. The topological polar surface area (TPSA) is 0 Å². The van der Waals surface area contributed by atoms with Gasteiger partial charge in [-0.1, -0.05) is 112 Å². The van der Waals surface area contributed by atoms with Crippen LogP contribution in [0.4, 0.5) is 0 Å². The molecule has 146 valence electrons. The maximum atomic E-state index is 2.46. The van der Waals surface area contributed by atoms with Crippen LogP contribution in [0.25, 0.3) is 0 Å². The van der Waals surface area contributed by atoms with Crippen LogP contribution in [-0.2, 0) is 16.2 Å². The Morgan fingerprint density at radius 2 is 1.11 bits per heavy atom. The van der Waals surface area contributed by atoms with E-state index in [1.54, 1.807) is 0 Å². The smallest absolute Gasteiger partial charge is 0.00929 e. The molecule has 0 unspecified atom stereocenters. The van der Waals surface area contributed by atoms with E-state index in [0.29, 0.717) is 0 Å². The molecule has 0 heterocycles. The molecule has 0 aliphatic rings. The molecular weight excluding hydrogens is 343 g/mol. The first-order valence-corrected chi connectivity index (χ1v) is 11.0. The van der Waals surface area contributed by atoms with E-state index in [1.807, 2.05) is 0 Å². The van der Waals surface area contributed by atoms with E-state index in [1.165, 1.54) is 41.3 Å². The summed E-state index contributed by atoms with van der Waals surface area (Å²) in [6, 6.07) is 13.7. The molecule has 27 heavy (non-hydrogen) atoms. The van der Waals surface area contributed by atoms with Gasteiger partial charge in [0.2, 0.25) is 0 Å². The third-order valence-electron chi connectivity index (χ3n) is 5.01. The minimum atomic E-state index is 0.116. The molecule has 0 nitrogen and oxygen atoms in total. The van der Waals surface area contributed by atoms with Crippen LogP contribution in [0.1, 0.15) is 90.1 Å². The molecule has 0 fully saturated rings. The van der Waals surface area contributed by atoms with Crippen molar-refractivity contribution in [3.63, 3.8) is 0 Å². The second-order valence-corrected chi connectivity index (χ2v) is 11.8. The van der Waals surface area contributed by atoms with Gasteiger partial charge in [0.15, 0.2) is 0 Å². The molecule has 2 rings (SSSR count). The zero-order valence-corrected chi connectivity index (χ0v) is 19.9. The lowest BCUT2D eigenvalue weighted by atomic mass is 9.75. The van der Waals surface area contributed by atoms with Gasteiger partial charge in [-0.2, -0.15) is 0 Å². The van der Waals surface area contributed by atoms with Crippen LogP contribution < -0.4 is 5.30 Å². The summed E-state index contributed by atoms with van der Waals surface area (Å²) in [5, 5.41) is 1.48. The molecule has 0 saturated carbocycles. The number of hydrogen-bond acceptors (Lipinski definition) is 0. The van der Waals surface area contributed by atoms with Gasteiger partial charge in [-0.3, -0.25) is 0 Å². The minimum absolute atomic E-state index is 0.116. The van der Waals surface area contributed by atoms with Crippen molar-refractivity contribution in [3.05, 3.63) is 64.2 Å². The molecule has 2 aromatic carbocycles. The van der Waals surface area contributed by atoms with E-state index in [4.69, 9.17) is 0 Å². The van der Waals surface area contributed by atoms with E-state index in [0.717, 1.165) is 0 Å². The highest BCUT2D eigenvalue weighted by Crippen LogP contribution is 2.35. The van der Waals surface area contributed by atoms with Crippen molar-refractivity contribution >= 4 is 19.3 Å². The zero-order valence-electron chi connectivity index (χ0n) is 19.0. The van der Waals surface area contributed by atoms with Crippen LogP contribution in [0.3, 0.4) is 0 Å². The lowest BCUT2D eigenvalue weighted by molar-refractivity contribution is 0.554. The molecular formula is C26H37P. The SMILES string of the molecule is Cc1ccc(C=Pc2c(C(C)(C)C)cc(C(C)(C)C)cc2C(C)(C)C)cc1. The van der Waals surface area contributed by atoms with Gasteiger partial charge in [-0.15, -0.1) is 0 Å². The van der Waals surface area contributed by atoms with Gasteiger partial charge in [0.25, 0.3) is 0 Å². The lowest BCUT2D eigenvalue weighted by Crippen LogP contribution is -2.29. The normalized spacial score (nSPS) is 13.4. The van der Waals surface area contributed by atoms with Gasteiger partial charge in [-0.25, -0.2) is 0 Å². The fourth-order valence-electron chi connectivity index (χ4n) is 3.14. The second-order valence-electron chi connectivity index (χ2n) is 10.8. The van der Waals surface area contributed by atoms with Crippen molar-refractivity contribution in [1.82, 2.24) is 0 Å². The largest absolute Gasteiger partial charge is 0.0672 e. The fourth-order valence-corrected chi connectivity index (χ4v) is 4.67. The Kier molecular flexibility index (Phi) is 6.13. The van der Waals surface area contributed by atoms with E-state index in [-0.39, 0.29) is 16.2 Å². The fraction of sp³-hybridized carbons (Fsp3) is 0.500. The van der Waals surface area contributed by atoms with Crippen LogP contribution in [0.15, 0.2) is 36.4 Å². The first kappa shape index (κ1) is 21.9. The van der Waals surface area contributed by atoms with Gasteiger partial charge >= 0.3 is 0 Å². The summed E-state index contributed by atoms with van der Waals surface area (Å²) in [4.78, 5) is 0. The summed E-state index contributed by atoms with van der Waals surface area (Å²) < 4.78 is 0. The van der Waals surface area contributed by atoms with Crippen molar-refractivity contribution in [2.45, 2.75) is 85.5 Å². The molecule has 0 aliphatic carbocycles. The number of rotatable bonds is 2. The van der Waals surface area contributed by atoms with Crippen LogP contribution >= 0.6 is 8.20 Å². The minimum Gasteiger partial charge on any atom is -0.0672 e. The highest BCUT2D eigenvalue weighted by atomic mass is 31.1. The standard InChI is InChI=1S/C26H37P/c1-18-11-13-19(14-12-18)17-27-23-21(25(5,6)7)15-20(24(2,3)4)16-22(23)26(8,9)10/h11-17H,1-10H3. The molecule has 0 N–H and O–H groups in total. The molecule has 0 spiro atoms. The molecule has 2 aromatic rings. The Hall–Kier alpha value is -1.39. The van der Waals surface area contributed by atoms with Gasteiger partial charge in [0, 0.05) is 5.30 Å². The van der Waals surface area contributed by atoms with Crippen molar-refractivity contribution in [3.8, 4) is 0 Å². The molecule has 0 aliphatic heterocycles. The van der Waals surface area contributed by atoms with Crippen molar-refractivity contribution in [2.24, 2.45) is 0 Å². The van der Waals surface area contributed by atoms with Crippen LogP contribution in [0.2, 0.25) is 0 Å². The molecule has 0 atom stereocenters.